The zero-order valence-corrected chi connectivity index (χ0v) is 14.5. The van der Waals surface area contributed by atoms with Crippen LogP contribution in [-0.2, 0) is 16.0 Å². The predicted molar refractivity (Wildman–Crippen MR) is 91.3 cm³/mol. The van der Waals surface area contributed by atoms with Crippen LogP contribution in [0.5, 0.6) is 0 Å². The van der Waals surface area contributed by atoms with Gasteiger partial charge in [-0.05, 0) is 30.9 Å². The van der Waals surface area contributed by atoms with Gasteiger partial charge in [0.05, 0.1) is 6.04 Å². The third-order valence-corrected chi connectivity index (χ3v) is 4.25. The standard InChI is InChI=1S/C18H25N3O3/c1-4-6-15-17(23)21(18(24)20-15)11-16(22)19-12(3)14-9-7-13(5-2)8-10-14/h7-10,12,15H,4-6,11H2,1-3H3,(H,19,22)(H,20,24). The number of aryl methyl sites for hydroxylation is 1. The highest BCUT2D eigenvalue weighted by atomic mass is 16.2. The maximum absolute atomic E-state index is 12.2. The molecule has 1 aliphatic rings. The topological polar surface area (TPSA) is 78.5 Å². The van der Waals surface area contributed by atoms with Gasteiger partial charge in [-0.3, -0.25) is 14.5 Å². The summed E-state index contributed by atoms with van der Waals surface area (Å²) >= 11 is 0. The molecule has 6 nitrogen and oxygen atoms in total. The van der Waals surface area contributed by atoms with Crippen LogP contribution < -0.4 is 10.6 Å². The van der Waals surface area contributed by atoms with Gasteiger partial charge >= 0.3 is 6.03 Å². The van der Waals surface area contributed by atoms with Crippen LogP contribution in [0.4, 0.5) is 4.79 Å². The Bertz CT molecular complexity index is 612. The van der Waals surface area contributed by atoms with Gasteiger partial charge < -0.3 is 10.6 Å². The first-order chi connectivity index (χ1) is 11.5. The number of nitrogens with zero attached hydrogens (tertiary/aromatic N) is 1. The molecule has 2 N–H and O–H groups in total. The number of nitrogens with one attached hydrogen (secondary N) is 2. The molecule has 1 fully saturated rings. The molecule has 4 amide bonds. The normalized spacial score (nSPS) is 18.5. The summed E-state index contributed by atoms with van der Waals surface area (Å²) < 4.78 is 0. The smallest absolute Gasteiger partial charge is 0.325 e. The molecule has 1 saturated heterocycles. The molecule has 2 unspecified atom stereocenters. The molecular formula is C18H25N3O3. The third-order valence-electron chi connectivity index (χ3n) is 4.25. The maximum atomic E-state index is 12.2. The summed E-state index contributed by atoms with van der Waals surface area (Å²) in [5.74, 6) is -0.667. The molecule has 1 aromatic carbocycles. The van der Waals surface area contributed by atoms with E-state index < -0.39 is 12.1 Å². The minimum Gasteiger partial charge on any atom is -0.348 e. The number of hydrogen-bond donors (Lipinski definition) is 2. The Kier molecular flexibility index (Phi) is 5.95. The lowest BCUT2D eigenvalue weighted by atomic mass is 10.1. The number of urea groups is 1. The highest BCUT2D eigenvalue weighted by Gasteiger charge is 2.38. The van der Waals surface area contributed by atoms with Crippen molar-refractivity contribution in [1.82, 2.24) is 15.5 Å². The lowest BCUT2D eigenvalue weighted by molar-refractivity contribution is -0.132. The molecule has 0 bridgehead atoms. The van der Waals surface area contributed by atoms with Crippen molar-refractivity contribution < 1.29 is 14.4 Å². The minimum absolute atomic E-state index is 0.185. The van der Waals surface area contributed by atoms with Gasteiger partial charge in [0.25, 0.3) is 5.91 Å². The van der Waals surface area contributed by atoms with Gasteiger partial charge in [0.2, 0.25) is 5.91 Å². The van der Waals surface area contributed by atoms with Crippen molar-refractivity contribution in [2.45, 2.75) is 52.1 Å². The minimum atomic E-state index is -0.505. The van der Waals surface area contributed by atoms with Gasteiger partial charge in [-0.1, -0.05) is 44.5 Å². The zero-order chi connectivity index (χ0) is 17.7. The summed E-state index contributed by atoms with van der Waals surface area (Å²) in [4.78, 5) is 37.1. The SMILES string of the molecule is CCCC1NC(=O)N(CC(=O)NC(C)c2ccc(CC)cc2)C1=O. The molecule has 0 saturated carbocycles. The van der Waals surface area contributed by atoms with Gasteiger partial charge in [0.15, 0.2) is 0 Å². The van der Waals surface area contributed by atoms with E-state index in [1.54, 1.807) is 0 Å². The van der Waals surface area contributed by atoms with Crippen molar-refractivity contribution in [3.05, 3.63) is 35.4 Å². The molecule has 2 atom stereocenters. The first-order valence-corrected chi connectivity index (χ1v) is 8.46. The summed E-state index contributed by atoms with van der Waals surface area (Å²) in [7, 11) is 0. The summed E-state index contributed by atoms with van der Waals surface area (Å²) in [5, 5.41) is 5.45. The van der Waals surface area contributed by atoms with Crippen LogP contribution in [0.3, 0.4) is 0 Å². The van der Waals surface area contributed by atoms with E-state index in [-0.39, 0.29) is 24.4 Å². The van der Waals surface area contributed by atoms with Crippen molar-refractivity contribution >= 4 is 17.8 Å². The second-order valence-corrected chi connectivity index (χ2v) is 6.10. The molecule has 130 valence electrons. The van der Waals surface area contributed by atoms with E-state index in [9.17, 15) is 14.4 Å². The Labute approximate surface area is 142 Å². The summed E-state index contributed by atoms with van der Waals surface area (Å²) in [5.41, 5.74) is 2.22. The number of carbonyl (C=O) groups is 3. The maximum Gasteiger partial charge on any atom is 0.325 e. The van der Waals surface area contributed by atoms with Crippen molar-refractivity contribution in [3.63, 3.8) is 0 Å². The molecule has 1 heterocycles. The number of carbonyl (C=O) groups excluding carboxylic acids is 3. The Morgan fingerprint density at radius 3 is 2.50 bits per heavy atom. The van der Waals surface area contributed by atoms with E-state index in [4.69, 9.17) is 0 Å². The second-order valence-electron chi connectivity index (χ2n) is 6.10. The van der Waals surface area contributed by atoms with Gasteiger partial charge in [-0.15, -0.1) is 0 Å². The molecule has 0 aliphatic carbocycles. The Hall–Kier alpha value is -2.37. The largest absolute Gasteiger partial charge is 0.348 e. The van der Waals surface area contributed by atoms with Crippen LogP contribution in [-0.4, -0.2) is 35.3 Å². The molecule has 1 aliphatic heterocycles. The first kappa shape index (κ1) is 18.0. The quantitative estimate of drug-likeness (QED) is 0.752. The number of hydrogen-bond acceptors (Lipinski definition) is 3. The Balaban J connectivity index is 1.92. The van der Waals surface area contributed by atoms with Crippen LogP contribution in [0.1, 0.15) is 50.8 Å². The van der Waals surface area contributed by atoms with E-state index in [2.05, 4.69) is 17.6 Å². The molecule has 0 radical (unpaired) electrons. The van der Waals surface area contributed by atoms with Crippen molar-refractivity contribution in [2.24, 2.45) is 0 Å². The molecule has 0 aromatic heterocycles. The summed E-state index contributed by atoms with van der Waals surface area (Å²) in [6, 6.07) is 6.84. The van der Waals surface area contributed by atoms with Gasteiger partial charge in [-0.2, -0.15) is 0 Å². The molecular weight excluding hydrogens is 306 g/mol. The fraction of sp³-hybridized carbons (Fsp3) is 0.500. The number of amides is 4. The summed E-state index contributed by atoms with van der Waals surface area (Å²) in [6.45, 7) is 5.66. The molecule has 0 spiro atoms. The number of rotatable bonds is 7. The average Bonchev–Trinajstić information content (AvgIpc) is 2.83. The number of imide groups is 1. The van der Waals surface area contributed by atoms with Crippen LogP contribution >= 0.6 is 0 Å². The fourth-order valence-electron chi connectivity index (χ4n) is 2.77. The zero-order valence-electron chi connectivity index (χ0n) is 14.5. The van der Waals surface area contributed by atoms with Crippen LogP contribution in [0.2, 0.25) is 0 Å². The van der Waals surface area contributed by atoms with Crippen LogP contribution in [0.25, 0.3) is 0 Å². The average molecular weight is 331 g/mol. The summed E-state index contributed by atoms with van der Waals surface area (Å²) in [6.07, 6.45) is 2.34. The molecule has 1 aromatic rings. The lowest BCUT2D eigenvalue weighted by Gasteiger charge is -2.17. The molecule has 6 heteroatoms. The van der Waals surface area contributed by atoms with Crippen LogP contribution in [0.15, 0.2) is 24.3 Å². The fourth-order valence-corrected chi connectivity index (χ4v) is 2.77. The lowest BCUT2D eigenvalue weighted by Crippen LogP contribution is -2.41. The molecule has 24 heavy (non-hydrogen) atoms. The predicted octanol–water partition coefficient (Wildman–Crippen LogP) is 2.15. The van der Waals surface area contributed by atoms with E-state index in [0.29, 0.717) is 6.42 Å². The van der Waals surface area contributed by atoms with E-state index in [1.807, 2.05) is 38.1 Å². The van der Waals surface area contributed by atoms with Crippen molar-refractivity contribution in [1.29, 1.82) is 0 Å². The van der Waals surface area contributed by atoms with E-state index >= 15 is 0 Å². The van der Waals surface area contributed by atoms with Gasteiger partial charge in [0, 0.05) is 0 Å². The van der Waals surface area contributed by atoms with Gasteiger partial charge in [-0.25, -0.2) is 4.79 Å². The van der Waals surface area contributed by atoms with E-state index in [1.165, 1.54) is 5.56 Å². The van der Waals surface area contributed by atoms with Crippen LogP contribution in [0, 0.1) is 0 Å². The third kappa shape index (κ3) is 4.13. The Morgan fingerprint density at radius 2 is 1.92 bits per heavy atom. The van der Waals surface area contributed by atoms with Crippen molar-refractivity contribution in [3.8, 4) is 0 Å². The highest BCUT2D eigenvalue weighted by molar-refractivity contribution is 6.06. The molecule has 2 rings (SSSR count). The number of benzene rings is 1. The Morgan fingerprint density at radius 1 is 1.25 bits per heavy atom. The van der Waals surface area contributed by atoms with Crippen molar-refractivity contribution in [2.75, 3.05) is 6.54 Å². The monoisotopic (exact) mass is 331 g/mol. The second kappa shape index (κ2) is 7.95. The highest BCUT2D eigenvalue weighted by Crippen LogP contribution is 2.15. The first-order valence-electron chi connectivity index (χ1n) is 8.46. The van der Waals surface area contributed by atoms with Gasteiger partial charge in [0.1, 0.15) is 12.6 Å². The van der Waals surface area contributed by atoms with E-state index in [0.717, 1.165) is 23.3 Å².